The lowest BCUT2D eigenvalue weighted by molar-refractivity contribution is -0.131. The van der Waals surface area contributed by atoms with Crippen LogP contribution in [0.15, 0.2) is 24.3 Å². The fourth-order valence-electron chi connectivity index (χ4n) is 3.02. The number of aryl methyl sites for hydroxylation is 1. The SMILES string of the molecule is CCCNC(=O)N1CCCN(C(=O)CCc2ccccc2OC)CC1. The predicted octanol–water partition coefficient (Wildman–Crippen LogP) is 2.28. The van der Waals surface area contributed by atoms with E-state index in [9.17, 15) is 9.59 Å². The molecule has 6 nitrogen and oxygen atoms in total. The van der Waals surface area contributed by atoms with E-state index in [0.29, 0.717) is 45.6 Å². The Hall–Kier alpha value is -2.24. The van der Waals surface area contributed by atoms with Crippen molar-refractivity contribution >= 4 is 11.9 Å². The Morgan fingerprint density at radius 1 is 1.12 bits per heavy atom. The van der Waals surface area contributed by atoms with Crippen LogP contribution in [0.4, 0.5) is 4.79 Å². The number of rotatable bonds is 6. The summed E-state index contributed by atoms with van der Waals surface area (Å²) >= 11 is 0. The van der Waals surface area contributed by atoms with Crippen LogP contribution in [-0.4, -0.2) is 61.6 Å². The minimum Gasteiger partial charge on any atom is -0.496 e. The number of ether oxygens (including phenoxy) is 1. The standard InChI is InChI=1S/C19H29N3O3/c1-3-11-20-19(24)22-13-6-12-21(14-15-22)18(23)10-9-16-7-4-5-8-17(16)25-2/h4-5,7-8H,3,6,9-15H2,1-2H3,(H,20,24). The molecule has 1 saturated heterocycles. The summed E-state index contributed by atoms with van der Waals surface area (Å²) < 4.78 is 5.34. The molecule has 3 amide bonds. The molecule has 0 bridgehead atoms. The van der Waals surface area contributed by atoms with Crippen molar-refractivity contribution in [3.05, 3.63) is 29.8 Å². The van der Waals surface area contributed by atoms with Crippen LogP contribution >= 0.6 is 0 Å². The van der Waals surface area contributed by atoms with Gasteiger partial charge in [0, 0.05) is 39.1 Å². The molecule has 0 radical (unpaired) electrons. The van der Waals surface area contributed by atoms with Crippen molar-refractivity contribution in [2.75, 3.05) is 39.8 Å². The first-order chi connectivity index (χ1) is 12.2. The molecule has 0 spiro atoms. The Labute approximate surface area is 150 Å². The summed E-state index contributed by atoms with van der Waals surface area (Å²) in [7, 11) is 1.65. The third-order valence-corrected chi connectivity index (χ3v) is 4.46. The quantitative estimate of drug-likeness (QED) is 0.859. The Bertz CT molecular complexity index is 577. The van der Waals surface area contributed by atoms with E-state index < -0.39 is 0 Å². The molecule has 0 unspecified atom stereocenters. The lowest BCUT2D eigenvalue weighted by Crippen LogP contribution is -2.42. The van der Waals surface area contributed by atoms with Gasteiger partial charge in [-0.2, -0.15) is 0 Å². The molecule has 1 fully saturated rings. The Morgan fingerprint density at radius 3 is 2.60 bits per heavy atom. The number of hydrogen-bond acceptors (Lipinski definition) is 3. The van der Waals surface area contributed by atoms with Crippen LogP contribution in [0.5, 0.6) is 5.75 Å². The highest BCUT2D eigenvalue weighted by molar-refractivity contribution is 5.77. The largest absolute Gasteiger partial charge is 0.496 e. The number of carbonyl (C=O) groups excluding carboxylic acids is 2. The Kier molecular flexibility index (Phi) is 7.57. The molecule has 25 heavy (non-hydrogen) atoms. The zero-order chi connectivity index (χ0) is 18.1. The zero-order valence-corrected chi connectivity index (χ0v) is 15.3. The number of amides is 3. The van der Waals surface area contributed by atoms with Gasteiger partial charge in [0.05, 0.1) is 7.11 Å². The fraction of sp³-hybridized carbons (Fsp3) is 0.579. The number of hydrogen-bond donors (Lipinski definition) is 1. The molecule has 0 saturated carbocycles. The summed E-state index contributed by atoms with van der Waals surface area (Å²) in [6.07, 6.45) is 2.87. The summed E-state index contributed by atoms with van der Waals surface area (Å²) in [5.41, 5.74) is 1.05. The van der Waals surface area contributed by atoms with Gasteiger partial charge in [-0.3, -0.25) is 4.79 Å². The molecule has 138 valence electrons. The summed E-state index contributed by atoms with van der Waals surface area (Å²) in [5, 5.41) is 2.90. The van der Waals surface area contributed by atoms with Crippen molar-refractivity contribution in [1.29, 1.82) is 0 Å². The van der Waals surface area contributed by atoms with Gasteiger partial charge in [0.15, 0.2) is 0 Å². The summed E-state index contributed by atoms with van der Waals surface area (Å²) in [6.45, 7) is 5.33. The van der Waals surface area contributed by atoms with Gasteiger partial charge in [-0.1, -0.05) is 25.1 Å². The molecule has 0 atom stereocenters. The van der Waals surface area contributed by atoms with E-state index in [2.05, 4.69) is 5.32 Å². The van der Waals surface area contributed by atoms with Crippen molar-refractivity contribution in [3.63, 3.8) is 0 Å². The number of benzene rings is 1. The molecule has 6 heteroatoms. The van der Waals surface area contributed by atoms with Gasteiger partial charge in [0.1, 0.15) is 5.75 Å². The van der Waals surface area contributed by atoms with Crippen LogP contribution in [0.25, 0.3) is 0 Å². The second-order valence-electron chi connectivity index (χ2n) is 6.27. The van der Waals surface area contributed by atoms with E-state index in [4.69, 9.17) is 4.74 Å². The number of urea groups is 1. The maximum absolute atomic E-state index is 12.5. The second-order valence-corrected chi connectivity index (χ2v) is 6.27. The molecular weight excluding hydrogens is 318 g/mol. The zero-order valence-electron chi connectivity index (χ0n) is 15.3. The van der Waals surface area contributed by atoms with E-state index in [0.717, 1.165) is 24.2 Å². The highest BCUT2D eigenvalue weighted by atomic mass is 16.5. The van der Waals surface area contributed by atoms with E-state index in [-0.39, 0.29) is 11.9 Å². The van der Waals surface area contributed by atoms with Crippen molar-refractivity contribution < 1.29 is 14.3 Å². The van der Waals surface area contributed by atoms with Crippen LogP contribution in [0.1, 0.15) is 31.7 Å². The van der Waals surface area contributed by atoms with E-state index in [1.165, 1.54) is 0 Å². The normalized spacial score (nSPS) is 14.8. The lowest BCUT2D eigenvalue weighted by atomic mass is 10.1. The third kappa shape index (κ3) is 5.66. The third-order valence-electron chi connectivity index (χ3n) is 4.46. The van der Waals surface area contributed by atoms with E-state index in [1.807, 2.05) is 41.0 Å². The number of methoxy groups -OCH3 is 1. The molecule has 1 N–H and O–H groups in total. The molecule has 1 aliphatic heterocycles. The van der Waals surface area contributed by atoms with Gasteiger partial charge in [0.25, 0.3) is 0 Å². The first kappa shape index (κ1) is 19.1. The number of nitrogens with one attached hydrogen (secondary N) is 1. The molecule has 2 rings (SSSR count). The summed E-state index contributed by atoms with van der Waals surface area (Å²) in [6, 6.07) is 7.77. The molecule has 1 heterocycles. The van der Waals surface area contributed by atoms with Gasteiger partial charge in [-0.05, 0) is 30.9 Å². The van der Waals surface area contributed by atoms with Crippen molar-refractivity contribution in [1.82, 2.24) is 15.1 Å². The van der Waals surface area contributed by atoms with Crippen LogP contribution in [0.3, 0.4) is 0 Å². The predicted molar refractivity (Wildman–Crippen MR) is 97.8 cm³/mol. The molecule has 1 aromatic carbocycles. The lowest BCUT2D eigenvalue weighted by Gasteiger charge is -2.22. The molecule has 0 aromatic heterocycles. The maximum Gasteiger partial charge on any atom is 0.317 e. The van der Waals surface area contributed by atoms with Gasteiger partial charge in [0.2, 0.25) is 5.91 Å². The number of carbonyl (C=O) groups is 2. The van der Waals surface area contributed by atoms with Crippen LogP contribution in [0, 0.1) is 0 Å². The molecule has 0 aliphatic carbocycles. The number of para-hydroxylation sites is 1. The maximum atomic E-state index is 12.5. The smallest absolute Gasteiger partial charge is 0.317 e. The average Bonchev–Trinajstić information content (AvgIpc) is 2.90. The van der Waals surface area contributed by atoms with Gasteiger partial charge < -0.3 is 19.9 Å². The Morgan fingerprint density at radius 2 is 1.84 bits per heavy atom. The topological polar surface area (TPSA) is 61.9 Å². The second kappa shape index (κ2) is 9.91. The monoisotopic (exact) mass is 347 g/mol. The van der Waals surface area contributed by atoms with Crippen molar-refractivity contribution in [2.24, 2.45) is 0 Å². The minimum absolute atomic E-state index is 0.0230. The van der Waals surface area contributed by atoms with Crippen LogP contribution in [-0.2, 0) is 11.2 Å². The number of nitrogens with zero attached hydrogens (tertiary/aromatic N) is 2. The fourth-order valence-corrected chi connectivity index (χ4v) is 3.02. The first-order valence-corrected chi connectivity index (χ1v) is 9.08. The average molecular weight is 347 g/mol. The van der Waals surface area contributed by atoms with E-state index >= 15 is 0 Å². The highest BCUT2D eigenvalue weighted by Crippen LogP contribution is 2.19. The Balaban J connectivity index is 1.83. The minimum atomic E-state index is -0.0230. The van der Waals surface area contributed by atoms with E-state index in [1.54, 1.807) is 7.11 Å². The summed E-state index contributed by atoms with van der Waals surface area (Å²) in [5.74, 6) is 0.964. The van der Waals surface area contributed by atoms with Crippen LogP contribution < -0.4 is 10.1 Å². The van der Waals surface area contributed by atoms with Crippen LogP contribution in [0.2, 0.25) is 0 Å². The van der Waals surface area contributed by atoms with Crippen molar-refractivity contribution in [2.45, 2.75) is 32.6 Å². The van der Waals surface area contributed by atoms with Crippen molar-refractivity contribution in [3.8, 4) is 5.75 Å². The molecular formula is C19H29N3O3. The molecule has 1 aliphatic rings. The van der Waals surface area contributed by atoms with Gasteiger partial charge in [-0.25, -0.2) is 4.79 Å². The molecule has 1 aromatic rings. The summed E-state index contributed by atoms with van der Waals surface area (Å²) in [4.78, 5) is 28.3. The van der Waals surface area contributed by atoms with Gasteiger partial charge in [-0.15, -0.1) is 0 Å². The highest BCUT2D eigenvalue weighted by Gasteiger charge is 2.21. The first-order valence-electron chi connectivity index (χ1n) is 9.08. The van der Waals surface area contributed by atoms with Gasteiger partial charge >= 0.3 is 6.03 Å².